The third-order valence-electron chi connectivity index (χ3n) is 4.79. The number of aromatic nitrogens is 2. The lowest BCUT2D eigenvalue weighted by atomic mass is 10.2. The zero-order chi connectivity index (χ0) is 21.8. The number of pyridine rings is 2. The van der Waals surface area contributed by atoms with Crippen LogP contribution in [0, 0.1) is 0 Å². The van der Waals surface area contributed by atoms with E-state index in [0.717, 1.165) is 10.8 Å². The topological polar surface area (TPSA) is 124 Å². The maximum Gasteiger partial charge on any atom is 0.269 e. The number of fused-ring (bicyclic) bond motifs is 2. The van der Waals surface area contributed by atoms with Gasteiger partial charge in [0.05, 0.1) is 0 Å². The van der Waals surface area contributed by atoms with Crippen molar-refractivity contribution in [3.05, 3.63) is 72.1 Å². The normalized spacial score (nSPS) is 10.8. The summed E-state index contributed by atoms with van der Waals surface area (Å²) in [5.41, 5.74) is 1.16. The van der Waals surface area contributed by atoms with Crippen LogP contribution in [0.25, 0.3) is 21.8 Å². The minimum Gasteiger partial charge on any atom is -0.506 e. The van der Waals surface area contributed by atoms with Crippen molar-refractivity contribution in [3.63, 3.8) is 0 Å². The highest BCUT2D eigenvalue weighted by Gasteiger charge is 2.11. The minimum atomic E-state index is -0.358. The third kappa shape index (κ3) is 4.37. The fourth-order valence-electron chi connectivity index (χ4n) is 3.19. The van der Waals surface area contributed by atoms with Crippen molar-refractivity contribution in [2.45, 2.75) is 6.42 Å². The van der Waals surface area contributed by atoms with E-state index in [4.69, 9.17) is 0 Å². The van der Waals surface area contributed by atoms with Crippen LogP contribution in [0.5, 0.6) is 11.5 Å². The summed E-state index contributed by atoms with van der Waals surface area (Å²) in [7, 11) is 0. The Morgan fingerprint density at radius 1 is 0.677 bits per heavy atom. The van der Waals surface area contributed by atoms with Crippen LogP contribution in [-0.2, 0) is 0 Å². The molecule has 0 bridgehead atoms. The Morgan fingerprint density at radius 3 is 1.58 bits per heavy atom. The molecule has 4 N–H and O–H groups in total. The molecule has 0 fully saturated rings. The molecule has 0 saturated carbocycles. The number of amides is 2. The number of hydrogen-bond acceptors (Lipinski definition) is 6. The number of nitrogens with one attached hydrogen (secondary N) is 2. The minimum absolute atomic E-state index is 0.0190. The first kappa shape index (κ1) is 20.1. The smallest absolute Gasteiger partial charge is 0.269 e. The molecule has 31 heavy (non-hydrogen) atoms. The molecule has 156 valence electrons. The Morgan fingerprint density at radius 2 is 1.13 bits per heavy atom. The van der Waals surface area contributed by atoms with Crippen molar-refractivity contribution in [1.29, 1.82) is 0 Å². The van der Waals surface area contributed by atoms with Crippen LogP contribution in [0.1, 0.15) is 27.4 Å². The van der Waals surface area contributed by atoms with Gasteiger partial charge in [0.15, 0.2) is 0 Å². The van der Waals surface area contributed by atoms with Crippen LogP contribution in [-0.4, -0.2) is 45.1 Å². The largest absolute Gasteiger partial charge is 0.506 e. The van der Waals surface area contributed by atoms with Crippen molar-refractivity contribution < 1.29 is 19.8 Å². The molecule has 8 heteroatoms. The van der Waals surface area contributed by atoms with Gasteiger partial charge in [0.2, 0.25) is 0 Å². The highest BCUT2D eigenvalue weighted by Crippen LogP contribution is 2.23. The average Bonchev–Trinajstić information content (AvgIpc) is 2.78. The van der Waals surface area contributed by atoms with Gasteiger partial charge in [-0.05, 0) is 30.7 Å². The van der Waals surface area contributed by atoms with Gasteiger partial charge < -0.3 is 20.8 Å². The van der Waals surface area contributed by atoms with Gasteiger partial charge in [-0.2, -0.15) is 0 Å². The van der Waals surface area contributed by atoms with Gasteiger partial charge in [-0.15, -0.1) is 0 Å². The molecule has 2 aromatic heterocycles. The first-order chi connectivity index (χ1) is 15.0. The molecule has 0 radical (unpaired) electrons. The monoisotopic (exact) mass is 416 g/mol. The van der Waals surface area contributed by atoms with E-state index in [1.54, 1.807) is 48.5 Å². The van der Waals surface area contributed by atoms with E-state index >= 15 is 0 Å². The molecule has 0 saturated heterocycles. The predicted molar refractivity (Wildman–Crippen MR) is 116 cm³/mol. The van der Waals surface area contributed by atoms with E-state index < -0.39 is 0 Å². The van der Waals surface area contributed by atoms with E-state index in [9.17, 15) is 19.8 Å². The van der Waals surface area contributed by atoms with E-state index in [-0.39, 0.29) is 34.7 Å². The standard InChI is InChI=1S/C23H20N4O4/c28-18-6-1-4-14-8-10-16(26-20(14)18)22(30)24-12-3-13-25-23(31)17-11-9-15-5-2-7-19(29)21(15)27-17/h1-2,4-11,28-29H,3,12-13H2,(H,24,30)(H,25,31). The van der Waals surface area contributed by atoms with Crippen LogP contribution in [0.3, 0.4) is 0 Å². The lowest BCUT2D eigenvalue weighted by Gasteiger charge is -2.08. The number of benzene rings is 2. The van der Waals surface area contributed by atoms with Crippen LogP contribution >= 0.6 is 0 Å². The van der Waals surface area contributed by atoms with Gasteiger partial charge in [-0.3, -0.25) is 9.59 Å². The number of hydrogen-bond donors (Lipinski definition) is 4. The summed E-state index contributed by atoms with van der Waals surface area (Å²) in [4.78, 5) is 33.0. The first-order valence-electron chi connectivity index (χ1n) is 9.77. The summed E-state index contributed by atoms with van der Waals surface area (Å²) in [6, 6.07) is 16.7. The number of carbonyl (C=O) groups excluding carboxylic acids is 2. The van der Waals surface area contributed by atoms with E-state index in [2.05, 4.69) is 20.6 Å². The molecule has 4 rings (SSSR count). The number of phenols is 2. The number of phenolic OH excluding ortho intramolecular Hbond substituents is 2. The zero-order valence-electron chi connectivity index (χ0n) is 16.5. The highest BCUT2D eigenvalue weighted by molar-refractivity contribution is 5.96. The molecule has 2 amide bonds. The Bertz CT molecular complexity index is 1190. The maximum absolute atomic E-state index is 12.3. The van der Waals surface area contributed by atoms with Gasteiger partial charge in [-0.25, -0.2) is 9.97 Å². The average molecular weight is 416 g/mol. The molecule has 0 aliphatic rings. The number of aromatic hydroxyl groups is 2. The van der Waals surface area contributed by atoms with Crippen molar-refractivity contribution >= 4 is 33.6 Å². The molecule has 2 heterocycles. The summed E-state index contributed by atoms with van der Waals surface area (Å²) in [6.45, 7) is 0.678. The van der Waals surface area contributed by atoms with Crippen LogP contribution < -0.4 is 10.6 Å². The van der Waals surface area contributed by atoms with E-state index in [1.807, 2.05) is 0 Å². The number of nitrogens with zero attached hydrogens (tertiary/aromatic N) is 2. The van der Waals surface area contributed by atoms with Crippen molar-refractivity contribution in [2.75, 3.05) is 13.1 Å². The summed E-state index contributed by atoms with van der Waals surface area (Å²) in [6.07, 6.45) is 0.509. The molecular weight excluding hydrogens is 396 g/mol. The molecule has 2 aromatic carbocycles. The van der Waals surface area contributed by atoms with Crippen molar-refractivity contribution in [3.8, 4) is 11.5 Å². The number of rotatable bonds is 6. The van der Waals surface area contributed by atoms with Crippen LogP contribution in [0.2, 0.25) is 0 Å². The molecule has 0 spiro atoms. The molecular formula is C23H20N4O4. The fraction of sp³-hybridized carbons (Fsp3) is 0.130. The van der Waals surface area contributed by atoms with Gasteiger partial charge in [0.1, 0.15) is 33.9 Å². The van der Waals surface area contributed by atoms with Gasteiger partial charge in [0.25, 0.3) is 11.8 Å². The van der Waals surface area contributed by atoms with Crippen molar-refractivity contribution in [2.24, 2.45) is 0 Å². The quantitative estimate of drug-likeness (QED) is 0.358. The SMILES string of the molecule is O=C(NCCCNC(=O)c1ccc2cccc(O)c2n1)c1ccc2cccc(O)c2n1. The summed E-state index contributed by atoms with van der Waals surface area (Å²) in [5.74, 6) is -0.678. The predicted octanol–water partition coefficient (Wildman–Crippen LogP) is 2.74. The third-order valence-corrected chi connectivity index (χ3v) is 4.79. The second-order valence-electron chi connectivity index (χ2n) is 6.96. The van der Waals surface area contributed by atoms with Gasteiger partial charge >= 0.3 is 0 Å². The fourth-order valence-corrected chi connectivity index (χ4v) is 3.19. The molecule has 0 atom stereocenters. The second kappa shape index (κ2) is 8.66. The molecule has 0 aliphatic carbocycles. The summed E-state index contributed by atoms with van der Waals surface area (Å²) < 4.78 is 0. The Kier molecular flexibility index (Phi) is 5.61. The number of carbonyl (C=O) groups is 2. The number of para-hydroxylation sites is 2. The van der Waals surface area contributed by atoms with E-state index in [0.29, 0.717) is 30.5 Å². The van der Waals surface area contributed by atoms with Gasteiger partial charge in [-0.1, -0.05) is 36.4 Å². The molecule has 0 unspecified atom stereocenters. The first-order valence-corrected chi connectivity index (χ1v) is 9.77. The van der Waals surface area contributed by atoms with Crippen LogP contribution in [0.15, 0.2) is 60.7 Å². The Labute approximate surface area is 177 Å². The highest BCUT2D eigenvalue weighted by atomic mass is 16.3. The van der Waals surface area contributed by atoms with Gasteiger partial charge in [0, 0.05) is 23.9 Å². The van der Waals surface area contributed by atoms with E-state index in [1.165, 1.54) is 12.1 Å². The molecule has 0 aliphatic heterocycles. The van der Waals surface area contributed by atoms with Crippen LogP contribution in [0.4, 0.5) is 0 Å². The second-order valence-corrected chi connectivity index (χ2v) is 6.96. The lowest BCUT2D eigenvalue weighted by Crippen LogP contribution is -2.30. The van der Waals surface area contributed by atoms with Crippen molar-refractivity contribution in [1.82, 2.24) is 20.6 Å². The lowest BCUT2D eigenvalue weighted by molar-refractivity contribution is 0.0947. The molecule has 8 nitrogen and oxygen atoms in total. The maximum atomic E-state index is 12.3. The molecule has 4 aromatic rings. The summed E-state index contributed by atoms with van der Waals surface area (Å²) >= 11 is 0. The Hall–Kier alpha value is -4.20. The zero-order valence-corrected chi connectivity index (χ0v) is 16.5. The Balaban J connectivity index is 1.28. The summed E-state index contributed by atoms with van der Waals surface area (Å²) in [5, 5.41) is 26.8.